The molecule has 2 aromatic carbocycles. The van der Waals surface area contributed by atoms with Crippen LogP contribution in [0.25, 0.3) is 0 Å². The van der Waals surface area contributed by atoms with Crippen molar-refractivity contribution >= 4 is 23.5 Å². The molecule has 2 aromatic rings. The molecule has 2 heterocycles. The lowest BCUT2D eigenvalue weighted by Gasteiger charge is -2.37. The van der Waals surface area contributed by atoms with E-state index in [0.29, 0.717) is 0 Å². The van der Waals surface area contributed by atoms with Crippen LogP contribution in [-0.2, 0) is 34.5 Å². The molecule has 0 bridgehead atoms. The summed E-state index contributed by atoms with van der Waals surface area (Å²) in [6.45, 7) is 26.3. The summed E-state index contributed by atoms with van der Waals surface area (Å²) in [6, 6.07) is 9.93. The highest BCUT2D eigenvalue weighted by atomic mass is 32.2. The van der Waals surface area contributed by atoms with Crippen LogP contribution in [0.4, 0.5) is 0 Å². The quantitative estimate of drug-likeness (QED) is 0.395. The van der Waals surface area contributed by atoms with E-state index in [1.165, 1.54) is 45.1 Å². The van der Waals surface area contributed by atoms with Crippen LogP contribution in [0.15, 0.2) is 45.0 Å². The van der Waals surface area contributed by atoms with Gasteiger partial charge in [-0.05, 0) is 104 Å². The first-order valence-electron chi connectivity index (χ1n) is 13.8. The van der Waals surface area contributed by atoms with Crippen molar-refractivity contribution in [3.8, 4) is 0 Å². The molecule has 0 radical (unpaired) electrons. The minimum Gasteiger partial charge on any atom is -0.126 e. The Kier molecular flexibility index (Phi) is 7.41. The Bertz CT molecular complexity index is 1170. The molecule has 2 aliphatic rings. The number of benzene rings is 2. The summed E-state index contributed by atoms with van der Waals surface area (Å²) < 4.78 is 0. The van der Waals surface area contributed by atoms with Crippen molar-refractivity contribution in [1.29, 1.82) is 0 Å². The van der Waals surface area contributed by atoms with Crippen molar-refractivity contribution in [3.63, 3.8) is 0 Å². The van der Waals surface area contributed by atoms with Gasteiger partial charge in [-0.15, -0.1) is 11.8 Å². The molecule has 196 valence electrons. The molecule has 0 atom stereocenters. The third-order valence-corrected chi connectivity index (χ3v) is 10.1. The Morgan fingerprint density at radius 2 is 1.36 bits per heavy atom. The Labute approximate surface area is 230 Å². The maximum Gasteiger partial charge on any atom is 0.0154 e. The first-order valence-corrected chi connectivity index (χ1v) is 15.7. The van der Waals surface area contributed by atoms with E-state index in [2.05, 4.69) is 118 Å². The summed E-state index contributed by atoms with van der Waals surface area (Å²) in [5.41, 5.74) is 11.5. The summed E-state index contributed by atoms with van der Waals surface area (Å²) in [5.74, 6) is 1.26. The van der Waals surface area contributed by atoms with E-state index in [4.69, 9.17) is 0 Å². The smallest absolute Gasteiger partial charge is 0.0154 e. The molecule has 0 nitrogen and oxygen atoms in total. The van der Waals surface area contributed by atoms with E-state index in [1.807, 2.05) is 11.8 Å². The van der Waals surface area contributed by atoms with Crippen LogP contribution < -0.4 is 0 Å². The fourth-order valence-electron chi connectivity index (χ4n) is 6.18. The van der Waals surface area contributed by atoms with E-state index in [0.717, 1.165) is 12.8 Å². The number of hydrogen-bond donors (Lipinski definition) is 0. The van der Waals surface area contributed by atoms with Crippen LogP contribution in [0.3, 0.4) is 0 Å². The van der Waals surface area contributed by atoms with Crippen LogP contribution in [0.2, 0.25) is 0 Å². The van der Waals surface area contributed by atoms with E-state index < -0.39 is 0 Å². The first-order chi connectivity index (χ1) is 16.5. The number of allylic oxidation sites excluding steroid dienone is 1. The van der Waals surface area contributed by atoms with Gasteiger partial charge in [-0.1, -0.05) is 106 Å². The van der Waals surface area contributed by atoms with Gasteiger partial charge in [0.1, 0.15) is 0 Å². The molecular formula is C34H48S2. The van der Waals surface area contributed by atoms with E-state index >= 15 is 0 Å². The minimum atomic E-state index is 0.0991. The number of hydrogen-bond acceptors (Lipinski definition) is 2. The van der Waals surface area contributed by atoms with Crippen LogP contribution in [0.5, 0.6) is 0 Å². The number of thioether (sulfide) groups is 2. The predicted molar refractivity (Wildman–Crippen MR) is 163 cm³/mol. The van der Waals surface area contributed by atoms with E-state index in [9.17, 15) is 0 Å². The zero-order valence-electron chi connectivity index (χ0n) is 24.7. The Balaban J connectivity index is 1.69. The molecule has 0 fully saturated rings. The van der Waals surface area contributed by atoms with Gasteiger partial charge in [-0.3, -0.25) is 0 Å². The third kappa shape index (κ3) is 5.65. The van der Waals surface area contributed by atoms with Crippen LogP contribution in [-0.4, -0.2) is 5.75 Å². The monoisotopic (exact) mass is 520 g/mol. The zero-order chi connectivity index (χ0) is 26.7. The van der Waals surface area contributed by atoms with Gasteiger partial charge in [0.25, 0.3) is 0 Å². The fraction of sp³-hybridized carbons (Fsp3) is 0.588. The Morgan fingerprint density at radius 1 is 0.722 bits per heavy atom. The highest BCUT2D eigenvalue weighted by molar-refractivity contribution is 8.02. The summed E-state index contributed by atoms with van der Waals surface area (Å²) in [7, 11) is 0. The highest BCUT2D eigenvalue weighted by Crippen LogP contribution is 2.47. The van der Waals surface area contributed by atoms with Gasteiger partial charge in [-0.2, -0.15) is 0 Å². The summed E-state index contributed by atoms with van der Waals surface area (Å²) in [4.78, 5) is 2.98. The van der Waals surface area contributed by atoms with Gasteiger partial charge in [0.2, 0.25) is 0 Å². The second-order valence-electron chi connectivity index (χ2n) is 14.8. The van der Waals surface area contributed by atoms with E-state index in [1.54, 1.807) is 22.3 Å². The van der Waals surface area contributed by atoms with Crippen molar-refractivity contribution in [3.05, 3.63) is 68.6 Å². The fourth-order valence-corrected chi connectivity index (χ4v) is 8.16. The molecule has 0 aromatic heterocycles. The molecular weight excluding hydrogens is 473 g/mol. The van der Waals surface area contributed by atoms with Crippen molar-refractivity contribution < 1.29 is 0 Å². The standard InChI is InChI=1S/C34H48S2/c1-31(2,3)26-18-23-17-22(21-36-29(23)19-27(26)32(4,5)6)20-34(10,11)25-14-15-28-24(13-12-16-35-28)30(25)33(7,8)9/h14-15,18-19,21H,12-13,16-17,20H2,1-11H3. The molecule has 0 unspecified atom stereocenters. The molecule has 36 heavy (non-hydrogen) atoms. The van der Waals surface area contributed by atoms with Crippen molar-refractivity contribution in [1.82, 2.24) is 0 Å². The van der Waals surface area contributed by atoms with Crippen molar-refractivity contribution in [2.75, 3.05) is 5.75 Å². The minimum absolute atomic E-state index is 0.0991. The molecule has 0 spiro atoms. The molecule has 2 aliphatic heterocycles. The molecule has 0 aliphatic carbocycles. The van der Waals surface area contributed by atoms with E-state index in [-0.39, 0.29) is 21.7 Å². The molecule has 0 saturated heterocycles. The maximum absolute atomic E-state index is 2.54. The van der Waals surface area contributed by atoms with Gasteiger partial charge < -0.3 is 0 Å². The SMILES string of the molecule is CC(C)(C)c1cc2c(cc1C(C)(C)C)SC=C(CC(C)(C)c1ccc3c(c1C(C)(C)C)CCCS3)C2. The summed E-state index contributed by atoms with van der Waals surface area (Å²) in [6.07, 6.45) is 4.72. The maximum atomic E-state index is 2.54. The third-order valence-electron chi connectivity index (χ3n) is 7.83. The second kappa shape index (κ2) is 9.57. The number of rotatable bonds is 3. The van der Waals surface area contributed by atoms with Crippen LogP contribution in [0.1, 0.15) is 122 Å². The van der Waals surface area contributed by atoms with Gasteiger partial charge in [-0.25, -0.2) is 0 Å². The molecule has 2 heteroatoms. The normalized spacial score (nSPS) is 16.9. The summed E-state index contributed by atoms with van der Waals surface area (Å²) in [5, 5.41) is 2.47. The topological polar surface area (TPSA) is 0 Å². The molecule has 0 amide bonds. The number of fused-ring (bicyclic) bond motifs is 2. The van der Waals surface area contributed by atoms with Gasteiger partial charge in [0, 0.05) is 9.79 Å². The lowest BCUT2D eigenvalue weighted by molar-refractivity contribution is 0.480. The van der Waals surface area contributed by atoms with Gasteiger partial charge in [0.15, 0.2) is 0 Å². The lowest BCUT2D eigenvalue weighted by atomic mass is 9.69. The van der Waals surface area contributed by atoms with Crippen molar-refractivity contribution in [2.24, 2.45) is 0 Å². The second-order valence-corrected chi connectivity index (χ2v) is 16.9. The average molecular weight is 521 g/mol. The highest BCUT2D eigenvalue weighted by Gasteiger charge is 2.34. The Hall–Kier alpha value is -1.12. The van der Waals surface area contributed by atoms with Crippen molar-refractivity contribution in [2.45, 2.75) is 133 Å². The summed E-state index contributed by atoms with van der Waals surface area (Å²) >= 11 is 4.01. The lowest BCUT2D eigenvalue weighted by Crippen LogP contribution is -2.28. The van der Waals surface area contributed by atoms with Crippen LogP contribution in [0, 0.1) is 0 Å². The molecule has 4 rings (SSSR count). The molecule has 0 saturated carbocycles. The average Bonchev–Trinajstić information content (AvgIpc) is 2.75. The largest absolute Gasteiger partial charge is 0.126 e. The van der Waals surface area contributed by atoms with Gasteiger partial charge >= 0.3 is 0 Å². The van der Waals surface area contributed by atoms with Gasteiger partial charge in [0.05, 0.1) is 0 Å². The zero-order valence-corrected chi connectivity index (χ0v) is 26.4. The first kappa shape index (κ1) is 27.9. The Morgan fingerprint density at radius 3 is 1.97 bits per heavy atom. The predicted octanol–water partition coefficient (Wildman–Crippen LogP) is 10.5. The molecule has 0 N–H and O–H groups in total. The van der Waals surface area contributed by atoms with Crippen LogP contribution >= 0.6 is 23.5 Å².